The number of hydrogen-bond acceptors (Lipinski definition) is 4. The molecule has 2 heterocycles. The average molecular weight is 502 g/mol. The van der Waals surface area contributed by atoms with Crippen LogP contribution in [0.5, 0.6) is 0 Å². The summed E-state index contributed by atoms with van der Waals surface area (Å²) in [7, 11) is 1.94. The van der Waals surface area contributed by atoms with Gasteiger partial charge in [0.25, 0.3) is 5.91 Å². The Labute approximate surface area is 217 Å². The van der Waals surface area contributed by atoms with Crippen molar-refractivity contribution < 1.29 is 14.4 Å². The van der Waals surface area contributed by atoms with Crippen LogP contribution in [0.3, 0.4) is 0 Å². The van der Waals surface area contributed by atoms with Gasteiger partial charge in [-0.25, -0.2) is 0 Å². The summed E-state index contributed by atoms with van der Waals surface area (Å²) in [4.78, 5) is 43.2. The number of nitrogens with zero attached hydrogens (tertiary/aromatic N) is 3. The molecule has 3 N–H and O–H groups in total. The fraction of sp³-hybridized carbons (Fsp3) is 0.414. The number of nitrogens with two attached hydrogens (primary N) is 1. The van der Waals surface area contributed by atoms with Gasteiger partial charge in [0.2, 0.25) is 11.8 Å². The molecule has 37 heavy (non-hydrogen) atoms. The van der Waals surface area contributed by atoms with E-state index in [1.54, 1.807) is 12.1 Å². The Bertz CT molecular complexity index is 1280. The molecule has 2 aliphatic rings. The molecule has 0 unspecified atom stereocenters. The Morgan fingerprint density at radius 3 is 2.30 bits per heavy atom. The number of carbonyl (C=O) groups is 3. The molecule has 1 aliphatic heterocycles. The van der Waals surface area contributed by atoms with E-state index in [1.165, 1.54) is 0 Å². The van der Waals surface area contributed by atoms with Gasteiger partial charge >= 0.3 is 0 Å². The number of fused-ring (bicyclic) bond motifs is 1. The maximum absolute atomic E-state index is 13.4. The molecule has 0 bridgehead atoms. The lowest BCUT2D eigenvalue weighted by molar-refractivity contribution is -0.133. The highest BCUT2D eigenvalue weighted by atomic mass is 16.2. The molecule has 1 saturated carbocycles. The minimum Gasteiger partial charge on any atom is -0.368 e. The van der Waals surface area contributed by atoms with Gasteiger partial charge in [-0.15, -0.1) is 0 Å². The molecule has 3 amide bonds. The number of rotatable bonds is 6. The van der Waals surface area contributed by atoms with Crippen molar-refractivity contribution in [2.24, 2.45) is 18.7 Å². The monoisotopic (exact) mass is 501 g/mol. The molecule has 8 nitrogen and oxygen atoms in total. The second kappa shape index (κ2) is 10.8. The van der Waals surface area contributed by atoms with E-state index in [0.29, 0.717) is 24.3 Å². The highest BCUT2D eigenvalue weighted by Crippen LogP contribution is 2.31. The van der Waals surface area contributed by atoms with Crippen LogP contribution in [-0.2, 0) is 16.6 Å². The number of piperazine rings is 1. The summed E-state index contributed by atoms with van der Waals surface area (Å²) in [5, 5.41) is 3.99. The molecule has 3 aromatic rings. The lowest BCUT2D eigenvalue weighted by Gasteiger charge is -2.43. The van der Waals surface area contributed by atoms with Crippen molar-refractivity contribution >= 4 is 28.6 Å². The minimum absolute atomic E-state index is 0.0449. The van der Waals surface area contributed by atoms with Crippen LogP contribution in [0.15, 0.2) is 60.7 Å². The summed E-state index contributed by atoms with van der Waals surface area (Å²) in [5.74, 6) is -0.845. The summed E-state index contributed by atoms with van der Waals surface area (Å²) in [6.07, 6.45) is 3.77. The average Bonchev–Trinajstić information content (AvgIpc) is 3.28. The molecule has 0 spiro atoms. The van der Waals surface area contributed by atoms with Gasteiger partial charge < -0.3 is 20.5 Å². The normalized spacial score (nSPS) is 21.5. The molecular weight excluding hydrogens is 466 g/mol. The van der Waals surface area contributed by atoms with E-state index >= 15 is 0 Å². The van der Waals surface area contributed by atoms with Crippen molar-refractivity contribution in [2.75, 3.05) is 26.2 Å². The van der Waals surface area contributed by atoms with Gasteiger partial charge in [-0.2, -0.15) is 0 Å². The zero-order valence-electron chi connectivity index (χ0n) is 21.3. The third-order valence-electron chi connectivity index (χ3n) is 8.01. The van der Waals surface area contributed by atoms with Crippen molar-refractivity contribution in [3.05, 3.63) is 71.9 Å². The molecule has 1 saturated heterocycles. The van der Waals surface area contributed by atoms with Crippen LogP contribution >= 0.6 is 0 Å². The van der Waals surface area contributed by atoms with E-state index in [4.69, 9.17) is 5.73 Å². The zero-order valence-corrected chi connectivity index (χ0v) is 21.3. The van der Waals surface area contributed by atoms with Gasteiger partial charge in [0.1, 0.15) is 11.7 Å². The Hall–Kier alpha value is -3.65. The summed E-state index contributed by atoms with van der Waals surface area (Å²) in [5.41, 5.74) is 8.08. The summed E-state index contributed by atoms with van der Waals surface area (Å²) < 4.78 is 1.97. The predicted molar refractivity (Wildman–Crippen MR) is 143 cm³/mol. The SMILES string of the molecule is Cn1c(C(=O)N2CCN([C@@H]3CCCC[C@H]3C(=O)N[C@H](C(N)=O)c3ccccc3)CC2)cc2ccccc21. The standard InChI is InChI=1S/C29H35N5O3/c1-32-23-13-7-5-11-21(23)19-25(32)29(37)34-17-15-33(16-18-34)24-14-8-6-12-22(24)28(36)31-26(27(30)35)20-9-3-2-4-10-20/h2-5,7,9-11,13,19,22,24,26H,6,8,12,14-18H2,1H3,(H2,30,35)(H,31,36)/t22-,24-,26+/m1/s1. The number of amides is 3. The Morgan fingerprint density at radius 1 is 0.919 bits per heavy atom. The highest BCUT2D eigenvalue weighted by Gasteiger charge is 2.38. The first-order chi connectivity index (χ1) is 17.9. The molecule has 2 aromatic carbocycles. The lowest BCUT2D eigenvalue weighted by Crippen LogP contribution is -2.56. The number of benzene rings is 2. The van der Waals surface area contributed by atoms with Crippen LogP contribution in [0, 0.1) is 5.92 Å². The predicted octanol–water partition coefficient (Wildman–Crippen LogP) is 2.84. The van der Waals surface area contributed by atoms with Crippen LogP contribution in [-0.4, -0.2) is 64.3 Å². The van der Waals surface area contributed by atoms with Crippen LogP contribution in [0.1, 0.15) is 47.8 Å². The van der Waals surface area contributed by atoms with Gasteiger partial charge in [0.05, 0.1) is 5.92 Å². The molecule has 5 rings (SSSR count). The van der Waals surface area contributed by atoms with Crippen molar-refractivity contribution in [3.8, 4) is 0 Å². The summed E-state index contributed by atoms with van der Waals surface area (Å²) >= 11 is 0. The number of aryl methyl sites for hydroxylation is 1. The van der Waals surface area contributed by atoms with Crippen molar-refractivity contribution in [1.82, 2.24) is 19.7 Å². The molecule has 1 aliphatic carbocycles. The molecule has 1 aromatic heterocycles. The Kier molecular flexibility index (Phi) is 7.28. The van der Waals surface area contributed by atoms with Crippen LogP contribution in [0.4, 0.5) is 0 Å². The zero-order chi connectivity index (χ0) is 25.9. The van der Waals surface area contributed by atoms with Gasteiger partial charge in [-0.1, -0.05) is 61.4 Å². The van der Waals surface area contributed by atoms with Crippen LogP contribution < -0.4 is 11.1 Å². The maximum Gasteiger partial charge on any atom is 0.270 e. The topological polar surface area (TPSA) is 101 Å². The van der Waals surface area contributed by atoms with Gasteiger partial charge in [-0.3, -0.25) is 19.3 Å². The van der Waals surface area contributed by atoms with Crippen LogP contribution in [0.2, 0.25) is 0 Å². The highest BCUT2D eigenvalue weighted by molar-refractivity contribution is 5.98. The van der Waals surface area contributed by atoms with Crippen LogP contribution in [0.25, 0.3) is 10.9 Å². The van der Waals surface area contributed by atoms with E-state index in [0.717, 1.165) is 49.7 Å². The Morgan fingerprint density at radius 2 is 1.59 bits per heavy atom. The molecule has 0 radical (unpaired) electrons. The molecule has 194 valence electrons. The minimum atomic E-state index is -0.841. The number of aromatic nitrogens is 1. The van der Waals surface area contributed by atoms with E-state index < -0.39 is 11.9 Å². The van der Waals surface area contributed by atoms with E-state index in [1.807, 2.05) is 65.0 Å². The number of primary amides is 1. The first kappa shape index (κ1) is 25.0. The van der Waals surface area contributed by atoms with Gasteiger partial charge in [0, 0.05) is 50.2 Å². The third kappa shape index (κ3) is 5.11. The van der Waals surface area contributed by atoms with E-state index in [2.05, 4.69) is 10.2 Å². The largest absolute Gasteiger partial charge is 0.368 e. The first-order valence-electron chi connectivity index (χ1n) is 13.2. The maximum atomic E-state index is 13.4. The number of hydrogen-bond donors (Lipinski definition) is 2. The Balaban J connectivity index is 1.24. The van der Waals surface area contributed by atoms with Crippen molar-refractivity contribution in [3.63, 3.8) is 0 Å². The van der Waals surface area contributed by atoms with Crippen molar-refractivity contribution in [2.45, 2.75) is 37.8 Å². The lowest BCUT2D eigenvalue weighted by atomic mass is 9.82. The quantitative estimate of drug-likeness (QED) is 0.542. The van der Waals surface area contributed by atoms with Gasteiger partial charge in [0.15, 0.2) is 0 Å². The van der Waals surface area contributed by atoms with E-state index in [-0.39, 0.29) is 23.8 Å². The summed E-state index contributed by atoms with van der Waals surface area (Å²) in [6.45, 7) is 2.70. The second-order valence-electron chi connectivity index (χ2n) is 10.2. The number of carbonyl (C=O) groups excluding carboxylic acids is 3. The fourth-order valence-electron chi connectivity index (χ4n) is 5.98. The molecule has 3 atom stereocenters. The van der Waals surface area contributed by atoms with Crippen molar-refractivity contribution in [1.29, 1.82) is 0 Å². The van der Waals surface area contributed by atoms with Gasteiger partial charge in [-0.05, 0) is 30.5 Å². The molecule has 8 heteroatoms. The number of para-hydroxylation sites is 1. The second-order valence-corrected chi connectivity index (χ2v) is 10.2. The smallest absolute Gasteiger partial charge is 0.270 e. The first-order valence-corrected chi connectivity index (χ1v) is 13.2. The van der Waals surface area contributed by atoms with E-state index in [9.17, 15) is 14.4 Å². The molecule has 2 fully saturated rings. The molecular formula is C29H35N5O3. The fourth-order valence-corrected chi connectivity index (χ4v) is 5.98. The summed E-state index contributed by atoms with van der Waals surface area (Å²) in [6, 6.07) is 18.4. The number of nitrogens with one attached hydrogen (secondary N) is 1. The third-order valence-corrected chi connectivity index (χ3v) is 8.01.